The normalized spacial score (nSPS) is 15.0. The van der Waals surface area contributed by atoms with Crippen molar-refractivity contribution in [3.63, 3.8) is 0 Å². The molecule has 0 radical (unpaired) electrons. The van der Waals surface area contributed by atoms with Gasteiger partial charge in [-0.1, -0.05) is 0 Å². The third-order valence-electron chi connectivity index (χ3n) is 3.47. The predicted octanol–water partition coefficient (Wildman–Crippen LogP) is 2.32. The van der Waals surface area contributed by atoms with Crippen molar-refractivity contribution in [2.24, 2.45) is 0 Å². The molecule has 1 atom stereocenters. The van der Waals surface area contributed by atoms with E-state index in [1.54, 1.807) is 13.2 Å². The molecule has 0 spiro atoms. The molecule has 0 saturated heterocycles. The predicted molar refractivity (Wildman–Crippen MR) is 79.6 cm³/mol. The summed E-state index contributed by atoms with van der Waals surface area (Å²) in [5.41, 5.74) is 1.91. The number of ether oxygens (including phenoxy) is 1. The SMILES string of the molecule is COCCC(C)Nc1cc2c(cc1[N+](=O)[O-])NC(=O)CC2. The van der Waals surface area contributed by atoms with E-state index in [0.29, 0.717) is 30.8 Å². The van der Waals surface area contributed by atoms with Crippen molar-refractivity contribution >= 4 is 23.0 Å². The first kappa shape index (κ1) is 15.2. The van der Waals surface area contributed by atoms with Gasteiger partial charge in [-0.2, -0.15) is 0 Å². The first-order valence-electron chi connectivity index (χ1n) is 6.88. The van der Waals surface area contributed by atoms with E-state index in [-0.39, 0.29) is 17.6 Å². The highest BCUT2D eigenvalue weighted by atomic mass is 16.6. The van der Waals surface area contributed by atoms with Gasteiger partial charge in [0.25, 0.3) is 5.69 Å². The molecular formula is C14H19N3O4. The minimum absolute atomic E-state index is 0.0276. The summed E-state index contributed by atoms with van der Waals surface area (Å²) in [6, 6.07) is 3.24. The molecular weight excluding hydrogens is 274 g/mol. The number of carbonyl (C=O) groups is 1. The fourth-order valence-electron chi connectivity index (χ4n) is 2.32. The minimum Gasteiger partial charge on any atom is -0.385 e. The van der Waals surface area contributed by atoms with E-state index in [1.165, 1.54) is 6.07 Å². The van der Waals surface area contributed by atoms with Crippen LogP contribution in [-0.2, 0) is 16.0 Å². The molecule has 0 bridgehead atoms. The Hall–Kier alpha value is -2.15. The van der Waals surface area contributed by atoms with Gasteiger partial charge in [0.2, 0.25) is 5.91 Å². The van der Waals surface area contributed by atoms with Crippen LogP contribution in [0.5, 0.6) is 0 Å². The number of anilines is 2. The van der Waals surface area contributed by atoms with Gasteiger partial charge in [0.1, 0.15) is 5.69 Å². The second-order valence-electron chi connectivity index (χ2n) is 5.16. The summed E-state index contributed by atoms with van der Waals surface area (Å²) < 4.78 is 5.01. The van der Waals surface area contributed by atoms with Gasteiger partial charge in [0.05, 0.1) is 10.6 Å². The summed E-state index contributed by atoms with van der Waals surface area (Å²) in [4.78, 5) is 22.2. The van der Waals surface area contributed by atoms with Crippen LogP contribution in [0.25, 0.3) is 0 Å². The van der Waals surface area contributed by atoms with E-state index >= 15 is 0 Å². The smallest absolute Gasteiger partial charge is 0.294 e. The molecule has 1 amide bonds. The highest BCUT2D eigenvalue weighted by Crippen LogP contribution is 2.34. The lowest BCUT2D eigenvalue weighted by atomic mass is 10.0. The molecule has 1 aromatic carbocycles. The van der Waals surface area contributed by atoms with Crippen molar-refractivity contribution in [1.82, 2.24) is 0 Å². The Balaban J connectivity index is 2.27. The van der Waals surface area contributed by atoms with Crippen LogP contribution in [0.15, 0.2) is 12.1 Å². The number of fused-ring (bicyclic) bond motifs is 1. The van der Waals surface area contributed by atoms with Gasteiger partial charge >= 0.3 is 0 Å². The zero-order chi connectivity index (χ0) is 15.4. The van der Waals surface area contributed by atoms with Gasteiger partial charge in [0.15, 0.2) is 0 Å². The molecule has 1 aliphatic heterocycles. The van der Waals surface area contributed by atoms with E-state index in [2.05, 4.69) is 10.6 Å². The third-order valence-corrected chi connectivity index (χ3v) is 3.47. The molecule has 2 rings (SSSR count). The number of carbonyl (C=O) groups excluding carboxylic acids is 1. The molecule has 1 heterocycles. The average Bonchev–Trinajstić information content (AvgIpc) is 2.44. The Morgan fingerprint density at radius 2 is 2.24 bits per heavy atom. The van der Waals surface area contributed by atoms with Gasteiger partial charge in [-0.15, -0.1) is 0 Å². The minimum atomic E-state index is -0.438. The van der Waals surface area contributed by atoms with Crippen molar-refractivity contribution in [1.29, 1.82) is 0 Å². The molecule has 0 aromatic heterocycles. The average molecular weight is 293 g/mol. The third kappa shape index (κ3) is 3.69. The quantitative estimate of drug-likeness (QED) is 0.620. The molecule has 7 heteroatoms. The van der Waals surface area contributed by atoms with Gasteiger partial charge < -0.3 is 15.4 Å². The molecule has 1 aliphatic rings. The Morgan fingerprint density at radius 3 is 2.90 bits per heavy atom. The highest BCUT2D eigenvalue weighted by Gasteiger charge is 2.23. The Morgan fingerprint density at radius 1 is 1.48 bits per heavy atom. The summed E-state index contributed by atoms with van der Waals surface area (Å²) in [6.07, 6.45) is 1.76. The van der Waals surface area contributed by atoms with E-state index in [1.807, 2.05) is 6.92 Å². The van der Waals surface area contributed by atoms with Gasteiger partial charge in [-0.25, -0.2) is 0 Å². The summed E-state index contributed by atoms with van der Waals surface area (Å²) in [7, 11) is 1.62. The van der Waals surface area contributed by atoms with Gasteiger partial charge in [-0.3, -0.25) is 14.9 Å². The standard InChI is InChI=1S/C14H19N3O4/c1-9(5-6-21-2)15-12-7-10-3-4-14(18)16-11(10)8-13(12)17(19)20/h7-9,15H,3-6H2,1-2H3,(H,16,18). The number of aryl methyl sites for hydroxylation is 1. The molecule has 0 fully saturated rings. The van der Waals surface area contributed by atoms with E-state index < -0.39 is 4.92 Å². The number of methoxy groups -OCH3 is 1. The Kier molecular flexibility index (Phi) is 4.74. The van der Waals surface area contributed by atoms with Crippen molar-refractivity contribution in [3.8, 4) is 0 Å². The fourth-order valence-corrected chi connectivity index (χ4v) is 2.32. The number of amides is 1. The number of nitro groups is 1. The van der Waals surface area contributed by atoms with Crippen LogP contribution in [0.4, 0.5) is 17.1 Å². The maximum Gasteiger partial charge on any atom is 0.294 e. The fraction of sp³-hybridized carbons (Fsp3) is 0.500. The number of nitrogens with one attached hydrogen (secondary N) is 2. The number of hydrogen-bond acceptors (Lipinski definition) is 5. The molecule has 2 N–H and O–H groups in total. The number of nitrogens with zero attached hydrogens (tertiary/aromatic N) is 1. The van der Waals surface area contributed by atoms with Gasteiger partial charge in [0, 0.05) is 32.2 Å². The van der Waals surface area contributed by atoms with Crippen molar-refractivity contribution in [3.05, 3.63) is 27.8 Å². The molecule has 114 valence electrons. The number of hydrogen-bond donors (Lipinski definition) is 2. The van der Waals surface area contributed by atoms with Crippen LogP contribution in [0.3, 0.4) is 0 Å². The topological polar surface area (TPSA) is 93.5 Å². The van der Waals surface area contributed by atoms with Crippen LogP contribution >= 0.6 is 0 Å². The first-order chi connectivity index (χ1) is 10.0. The first-order valence-corrected chi connectivity index (χ1v) is 6.88. The number of benzene rings is 1. The van der Waals surface area contributed by atoms with Crippen LogP contribution in [0.1, 0.15) is 25.3 Å². The van der Waals surface area contributed by atoms with Crippen LogP contribution in [0.2, 0.25) is 0 Å². The second kappa shape index (κ2) is 6.53. The summed E-state index contributed by atoms with van der Waals surface area (Å²) in [5.74, 6) is -0.106. The second-order valence-corrected chi connectivity index (χ2v) is 5.16. The summed E-state index contributed by atoms with van der Waals surface area (Å²) in [5, 5.41) is 17.0. The molecule has 21 heavy (non-hydrogen) atoms. The zero-order valence-electron chi connectivity index (χ0n) is 12.1. The molecule has 0 saturated carbocycles. The van der Waals surface area contributed by atoms with Crippen molar-refractivity contribution in [2.45, 2.75) is 32.2 Å². The molecule has 1 aromatic rings. The molecule has 7 nitrogen and oxygen atoms in total. The lowest BCUT2D eigenvalue weighted by Crippen LogP contribution is -2.21. The zero-order valence-corrected chi connectivity index (χ0v) is 12.1. The molecule has 0 aliphatic carbocycles. The van der Waals surface area contributed by atoms with Crippen LogP contribution in [0, 0.1) is 10.1 Å². The summed E-state index contributed by atoms with van der Waals surface area (Å²) in [6.45, 7) is 2.53. The molecule has 1 unspecified atom stereocenters. The van der Waals surface area contributed by atoms with E-state index in [4.69, 9.17) is 4.74 Å². The van der Waals surface area contributed by atoms with Gasteiger partial charge in [-0.05, 0) is 31.4 Å². The van der Waals surface area contributed by atoms with Crippen molar-refractivity contribution in [2.75, 3.05) is 24.4 Å². The largest absolute Gasteiger partial charge is 0.385 e. The lowest BCUT2D eigenvalue weighted by molar-refractivity contribution is -0.383. The Bertz CT molecular complexity index is 559. The van der Waals surface area contributed by atoms with Crippen molar-refractivity contribution < 1.29 is 14.5 Å². The monoisotopic (exact) mass is 293 g/mol. The van der Waals surface area contributed by atoms with Crippen LogP contribution < -0.4 is 10.6 Å². The van der Waals surface area contributed by atoms with E-state index in [0.717, 1.165) is 12.0 Å². The van der Waals surface area contributed by atoms with Crippen LogP contribution in [-0.4, -0.2) is 30.6 Å². The Labute approximate surface area is 122 Å². The maximum absolute atomic E-state index is 11.4. The lowest BCUT2D eigenvalue weighted by Gasteiger charge is -2.20. The highest BCUT2D eigenvalue weighted by molar-refractivity contribution is 5.95. The number of nitro benzene ring substituents is 1. The van der Waals surface area contributed by atoms with E-state index in [9.17, 15) is 14.9 Å². The summed E-state index contributed by atoms with van der Waals surface area (Å²) >= 11 is 0. The maximum atomic E-state index is 11.4. The number of rotatable bonds is 6.